The van der Waals surface area contributed by atoms with Gasteiger partial charge < -0.3 is 4.90 Å². The quantitative estimate of drug-likeness (QED) is 0.744. The Bertz CT molecular complexity index is 783. The van der Waals surface area contributed by atoms with Crippen molar-refractivity contribution in [1.29, 1.82) is 0 Å². The highest BCUT2D eigenvalue weighted by molar-refractivity contribution is 5.93. The van der Waals surface area contributed by atoms with Crippen molar-refractivity contribution in [2.24, 2.45) is 5.92 Å². The molecule has 0 spiro atoms. The van der Waals surface area contributed by atoms with E-state index < -0.39 is 0 Å². The van der Waals surface area contributed by atoms with Crippen LogP contribution in [0.25, 0.3) is 0 Å². The van der Waals surface area contributed by atoms with E-state index in [1.807, 2.05) is 22.7 Å². The smallest absolute Gasteiger partial charge is 0.257 e. The van der Waals surface area contributed by atoms with Crippen molar-refractivity contribution in [3.05, 3.63) is 53.3 Å². The van der Waals surface area contributed by atoms with Crippen molar-refractivity contribution in [3.8, 4) is 0 Å². The summed E-state index contributed by atoms with van der Waals surface area (Å²) in [5.41, 5.74) is 3.58. The number of amides is 1. The van der Waals surface area contributed by atoms with Crippen molar-refractivity contribution in [3.63, 3.8) is 0 Å². The van der Waals surface area contributed by atoms with Gasteiger partial charge in [0.05, 0.1) is 11.8 Å². The van der Waals surface area contributed by atoms with Gasteiger partial charge in [-0.1, -0.05) is 30.7 Å². The molecule has 5 nitrogen and oxygen atoms in total. The Morgan fingerprint density at radius 1 is 1.00 bits per heavy atom. The number of aryl methyl sites for hydroxylation is 1. The molecule has 0 saturated carbocycles. The van der Waals surface area contributed by atoms with Gasteiger partial charge in [0, 0.05) is 32.4 Å². The molecule has 1 aromatic carbocycles. The van der Waals surface area contributed by atoms with Crippen LogP contribution in [0.15, 0.2) is 36.7 Å². The highest BCUT2D eigenvalue weighted by Crippen LogP contribution is 2.23. The van der Waals surface area contributed by atoms with Crippen molar-refractivity contribution < 1.29 is 4.79 Å². The van der Waals surface area contributed by atoms with Gasteiger partial charge in [0.2, 0.25) is 0 Å². The molecular formula is C24H34N4O. The van der Waals surface area contributed by atoms with Gasteiger partial charge in [-0.2, -0.15) is 5.10 Å². The summed E-state index contributed by atoms with van der Waals surface area (Å²) in [7, 11) is 0. The van der Waals surface area contributed by atoms with E-state index in [0.717, 1.165) is 51.0 Å². The largest absolute Gasteiger partial charge is 0.339 e. The molecule has 2 fully saturated rings. The minimum Gasteiger partial charge on any atom is -0.339 e. The molecule has 1 amide bonds. The average Bonchev–Trinajstić information content (AvgIpc) is 3.25. The summed E-state index contributed by atoms with van der Waals surface area (Å²) in [6, 6.07) is 9.26. The van der Waals surface area contributed by atoms with Gasteiger partial charge in [-0.3, -0.25) is 14.4 Å². The van der Waals surface area contributed by atoms with E-state index in [0.29, 0.717) is 5.92 Å². The third kappa shape index (κ3) is 5.27. The van der Waals surface area contributed by atoms with E-state index in [2.05, 4.69) is 34.3 Å². The van der Waals surface area contributed by atoms with Gasteiger partial charge in [0.15, 0.2) is 0 Å². The van der Waals surface area contributed by atoms with Crippen LogP contribution in [-0.2, 0) is 19.5 Å². The van der Waals surface area contributed by atoms with E-state index in [1.165, 1.54) is 43.5 Å². The van der Waals surface area contributed by atoms with Gasteiger partial charge in [0.25, 0.3) is 5.91 Å². The molecular weight excluding hydrogens is 360 g/mol. The molecule has 0 N–H and O–H groups in total. The fourth-order valence-electron chi connectivity index (χ4n) is 4.66. The minimum absolute atomic E-state index is 0.130. The van der Waals surface area contributed by atoms with Gasteiger partial charge in [0.1, 0.15) is 0 Å². The molecule has 2 aliphatic rings. The standard InChI is InChI=1S/C24H34N4O/c1-2-28-19-23(17-25-28)24(29)27-14-10-21(11-15-27)16-20-6-8-22(9-7-20)18-26-12-4-3-5-13-26/h6-9,17,19,21H,2-5,10-16,18H2,1H3. The number of hydrogen-bond donors (Lipinski definition) is 0. The summed E-state index contributed by atoms with van der Waals surface area (Å²) in [6.45, 7) is 8.13. The summed E-state index contributed by atoms with van der Waals surface area (Å²) in [5.74, 6) is 0.801. The van der Waals surface area contributed by atoms with Crippen LogP contribution in [0.2, 0.25) is 0 Å². The van der Waals surface area contributed by atoms with E-state index in [-0.39, 0.29) is 5.91 Å². The maximum absolute atomic E-state index is 12.7. The number of nitrogens with zero attached hydrogens (tertiary/aromatic N) is 4. The average molecular weight is 395 g/mol. The first-order valence-corrected chi connectivity index (χ1v) is 11.3. The summed E-state index contributed by atoms with van der Waals surface area (Å²) in [6.07, 6.45) is 10.9. The first-order chi connectivity index (χ1) is 14.2. The number of rotatable bonds is 6. The zero-order chi connectivity index (χ0) is 20.1. The monoisotopic (exact) mass is 394 g/mol. The van der Waals surface area contributed by atoms with Gasteiger partial charge in [-0.05, 0) is 69.2 Å². The molecule has 0 atom stereocenters. The second kappa shape index (κ2) is 9.57. The van der Waals surface area contributed by atoms with Crippen molar-refractivity contribution >= 4 is 5.91 Å². The van der Waals surface area contributed by atoms with Gasteiger partial charge in [-0.15, -0.1) is 0 Å². The lowest BCUT2D eigenvalue weighted by Crippen LogP contribution is -2.38. The van der Waals surface area contributed by atoms with Crippen LogP contribution in [0.3, 0.4) is 0 Å². The molecule has 29 heavy (non-hydrogen) atoms. The summed E-state index contributed by atoms with van der Waals surface area (Å²) < 4.78 is 1.81. The molecule has 2 aliphatic heterocycles. The van der Waals surface area contributed by atoms with Gasteiger partial charge >= 0.3 is 0 Å². The maximum atomic E-state index is 12.7. The molecule has 2 saturated heterocycles. The third-order valence-corrected chi connectivity index (χ3v) is 6.51. The number of likely N-dealkylation sites (tertiary alicyclic amines) is 2. The topological polar surface area (TPSA) is 41.4 Å². The molecule has 1 aromatic heterocycles. The number of benzene rings is 1. The number of carbonyl (C=O) groups is 1. The summed E-state index contributed by atoms with van der Waals surface area (Å²) in [5, 5.41) is 4.23. The van der Waals surface area contributed by atoms with E-state index in [1.54, 1.807) is 6.20 Å². The highest BCUT2D eigenvalue weighted by atomic mass is 16.2. The van der Waals surface area contributed by atoms with E-state index >= 15 is 0 Å². The molecule has 2 aromatic rings. The molecule has 156 valence electrons. The zero-order valence-corrected chi connectivity index (χ0v) is 17.7. The normalized spacial score (nSPS) is 18.9. The van der Waals surface area contributed by atoms with Crippen LogP contribution in [0.4, 0.5) is 0 Å². The van der Waals surface area contributed by atoms with Crippen molar-refractivity contribution in [2.75, 3.05) is 26.2 Å². The van der Waals surface area contributed by atoms with Crippen LogP contribution >= 0.6 is 0 Å². The van der Waals surface area contributed by atoms with E-state index in [4.69, 9.17) is 0 Å². The van der Waals surface area contributed by atoms with Crippen LogP contribution in [0, 0.1) is 5.92 Å². The predicted molar refractivity (Wildman–Crippen MR) is 116 cm³/mol. The molecule has 0 bridgehead atoms. The summed E-state index contributed by atoms with van der Waals surface area (Å²) >= 11 is 0. The molecule has 0 radical (unpaired) electrons. The van der Waals surface area contributed by atoms with Crippen LogP contribution in [0.1, 0.15) is 60.5 Å². The summed E-state index contributed by atoms with van der Waals surface area (Å²) in [4.78, 5) is 17.2. The molecule has 4 rings (SSSR count). The zero-order valence-electron chi connectivity index (χ0n) is 17.7. The fourth-order valence-corrected chi connectivity index (χ4v) is 4.66. The Balaban J connectivity index is 1.24. The second-order valence-corrected chi connectivity index (χ2v) is 8.68. The fraction of sp³-hybridized carbons (Fsp3) is 0.583. The predicted octanol–water partition coefficient (Wildman–Crippen LogP) is 3.98. The Hall–Kier alpha value is -2.14. The maximum Gasteiger partial charge on any atom is 0.257 e. The number of aromatic nitrogens is 2. The molecule has 3 heterocycles. The van der Waals surface area contributed by atoms with Crippen LogP contribution < -0.4 is 0 Å². The highest BCUT2D eigenvalue weighted by Gasteiger charge is 2.24. The lowest BCUT2D eigenvalue weighted by molar-refractivity contribution is 0.0690. The van der Waals surface area contributed by atoms with Crippen molar-refractivity contribution in [2.45, 2.75) is 58.5 Å². The number of piperidine rings is 2. The SMILES string of the molecule is CCn1cc(C(=O)N2CCC(Cc3ccc(CN4CCCCC4)cc3)CC2)cn1. The lowest BCUT2D eigenvalue weighted by Gasteiger charge is -2.32. The lowest BCUT2D eigenvalue weighted by atomic mass is 9.89. The molecule has 5 heteroatoms. The first kappa shape index (κ1) is 20.1. The second-order valence-electron chi connectivity index (χ2n) is 8.68. The molecule has 0 aliphatic carbocycles. The third-order valence-electron chi connectivity index (χ3n) is 6.51. The van der Waals surface area contributed by atoms with E-state index in [9.17, 15) is 4.79 Å². The Morgan fingerprint density at radius 2 is 1.69 bits per heavy atom. The van der Waals surface area contributed by atoms with Crippen LogP contribution in [-0.4, -0.2) is 51.7 Å². The van der Waals surface area contributed by atoms with Gasteiger partial charge in [-0.25, -0.2) is 0 Å². The number of carbonyl (C=O) groups excluding carboxylic acids is 1. The Morgan fingerprint density at radius 3 is 2.34 bits per heavy atom. The van der Waals surface area contributed by atoms with Crippen molar-refractivity contribution in [1.82, 2.24) is 19.6 Å². The number of hydrogen-bond acceptors (Lipinski definition) is 3. The Labute approximate surface area is 174 Å². The molecule has 0 unspecified atom stereocenters. The first-order valence-electron chi connectivity index (χ1n) is 11.3. The minimum atomic E-state index is 0.130. The Kier molecular flexibility index (Phi) is 6.65. The van der Waals surface area contributed by atoms with Crippen LogP contribution in [0.5, 0.6) is 0 Å².